The van der Waals surface area contributed by atoms with E-state index in [1.54, 1.807) is 11.3 Å². The van der Waals surface area contributed by atoms with Gasteiger partial charge < -0.3 is 10.0 Å². The summed E-state index contributed by atoms with van der Waals surface area (Å²) >= 11 is 1.63. The van der Waals surface area contributed by atoms with Gasteiger partial charge in [-0.1, -0.05) is 0 Å². The monoisotopic (exact) mass is 347 g/mol. The van der Waals surface area contributed by atoms with E-state index in [4.69, 9.17) is 0 Å². The molecule has 0 bridgehead atoms. The molecule has 1 unspecified atom stereocenters. The number of likely N-dealkylation sites (N-methyl/N-ethyl adjacent to an activating group) is 1. The van der Waals surface area contributed by atoms with E-state index in [9.17, 15) is 15.2 Å². The van der Waals surface area contributed by atoms with Gasteiger partial charge in [-0.2, -0.15) is 5.10 Å². The van der Waals surface area contributed by atoms with Crippen LogP contribution in [0.3, 0.4) is 0 Å². The minimum Gasteiger partial charge on any atom is -0.389 e. The van der Waals surface area contributed by atoms with Gasteiger partial charge in [0.2, 0.25) is 0 Å². The van der Waals surface area contributed by atoms with E-state index < -0.39 is 11.0 Å². The van der Waals surface area contributed by atoms with Crippen molar-refractivity contribution < 1.29 is 10.0 Å². The third-order valence-electron chi connectivity index (χ3n) is 3.63. The number of hydrogen-bond acceptors (Lipinski definition) is 7. The first-order chi connectivity index (χ1) is 11.4. The highest BCUT2D eigenvalue weighted by atomic mass is 32.1. The molecule has 0 aliphatic rings. The third kappa shape index (κ3) is 3.52. The smallest absolute Gasteiger partial charge is 0.306 e. The van der Waals surface area contributed by atoms with Crippen molar-refractivity contribution in [1.82, 2.24) is 14.8 Å². The van der Waals surface area contributed by atoms with Crippen molar-refractivity contribution in [2.75, 3.05) is 18.5 Å². The number of benzene rings is 1. The minimum absolute atomic E-state index is 0.0819. The summed E-state index contributed by atoms with van der Waals surface area (Å²) in [5.41, 5.74) is 1.87. The van der Waals surface area contributed by atoms with Gasteiger partial charge in [0.15, 0.2) is 0 Å². The first-order valence-corrected chi connectivity index (χ1v) is 8.17. The number of hydrogen-bond donors (Lipinski definition) is 1. The highest BCUT2D eigenvalue weighted by molar-refractivity contribution is 7.18. The van der Waals surface area contributed by atoms with Gasteiger partial charge in [-0.05, 0) is 25.1 Å². The van der Waals surface area contributed by atoms with Crippen LogP contribution in [0.4, 0.5) is 11.4 Å². The Hall–Kier alpha value is -2.52. The molecule has 0 radical (unpaired) electrons. The van der Waals surface area contributed by atoms with Crippen LogP contribution in [0.25, 0.3) is 10.2 Å². The van der Waals surface area contributed by atoms with Crippen LogP contribution in [0.1, 0.15) is 5.01 Å². The maximum Gasteiger partial charge on any atom is 0.306 e. The third-order valence-corrected chi connectivity index (χ3v) is 4.57. The van der Waals surface area contributed by atoms with Gasteiger partial charge in [0.25, 0.3) is 0 Å². The fourth-order valence-corrected chi connectivity index (χ4v) is 3.37. The number of aryl methyl sites for hydroxylation is 1. The standard InChI is InChI=1S/C15H17N5O3S/c1-10-17-14-4-3-11(5-15(14)24-10)18(2)8-13(21)9-19-7-12(6-16-19)20(22)23/h3-7,13,21H,8-9H2,1-2H3. The highest BCUT2D eigenvalue weighted by Gasteiger charge is 2.14. The van der Waals surface area contributed by atoms with E-state index in [0.717, 1.165) is 20.9 Å². The zero-order valence-electron chi connectivity index (χ0n) is 13.3. The molecular weight excluding hydrogens is 330 g/mol. The van der Waals surface area contributed by atoms with Crippen LogP contribution < -0.4 is 4.90 Å². The predicted octanol–water partition coefficient (Wildman–Crippen LogP) is 2.21. The molecule has 0 spiro atoms. The number of fused-ring (bicyclic) bond motifs is 1. The number of anilines is 1. The molecule has 0 saturated heterocycles. The van der Waals surface area contributed by atoms with Gasteiger partial charge in [0.1, 0.15) is 12.4 Å². The van der Waals surface area contributed by atoms with Crippen molar-refractivity contribution in [1.29, 1.82) is 0 Å². The second-order valence-electron chi connectivity index (χ2n) is 5.60. The van der Waals surface area contributed by atoms with Crippen LogP contribution in [-0.4, -0.2) is 44.5 Å². The summed E-state index contributed by atoms with van der Waals surface area (Å²) in [7, 11) is 1.89. The van der Waals surface area contributed by atoms with E-state index in [1.165, 1.54) is 17.1 Å². The quantitative estimate of drug-likeness (QED) is 0.542. The number of aliphatic hydroxyl groups excluding tert-OH is 1. The SMILES string of the molecule is Cc1nc2ccc(N(C)CC(O)Cn3cc([N+](=O)[O-])cn3)cc2s1. The Labute approximate surface area is 142 Å². The van der Waals surface area contributed by atoms with Crippen LogP contribution in [-0.2, 0) is 6.54 Å². The Morgan fingerprint density at radius 3 is 3.00 bits per heavy atom. The largest absolute Gasteiger partial charge is 0.389 e. The second-order valence-corrected chi connectivity index (χ2v) is 6.83. The van der Waals surface area contributed by atoms with Crippen molar-refractivity contribution in [3.63, 3.8) is 0 Å². The average Bonchev–Trinajstić information content (AvgIpc) is 3.11. The van der Waals surface area contributed by atoms with Crippen molar-refractivity contribution in [3.05, 3.63) is 45.7 Å². The van der Waals surface area contributed by atoms with Gasteiger partial charge >= 0.3 is 5.69 Å². The Kier molecular flexibility index (Phi) is 4.45. The highest BCUT2D eigenvalue weighted by Crippen LogP contribution is 2.26. The maximum atomic E-state index is 10.6. The van der Waals surface area contributed by atoms with Crippen LogP contribution in [0.15, 0.2) is 30.6 Å². The topological polar surface area (TPSA) is 97.3 Å². The van der Waals surface area contributed by atoms with E-state index in [2.05, 4.69) is 10.1 Å². The van der Waals surface area contributed by atoms with Gasteiger partial charge in [-0.25, -0.2) is 4.98 Å². The molecule has 0 fully saturated rings. The van der Waals surface area contributed by atoms with Crippen LogP contribution >= 0.6 is 11.3 Å². The number of nitrogens with zero attached hydrogens (tertiary/aromatic N) is 5. The minimum atomic E-state index is -0.701. The van der Waals surface area contributed by atoms with Gasteiger partial charge in [0, 0.05) is 19.3 Å². The average molecular weight is 347 g/mol. The molecule has 2 aromatic heterocycles. The second kappa shape index (κ2) is 6.54. The lowest BCUT2D eigenvalue weighted by Crippen LogP contribution is -2.32. The number of nitro groups is 1. The molecule has 0 amide bonds. The van der Waals surface area contributed by atoms with Gasteiger partial charge in [-0.15, -0.1) is 11.3 Å². The van der Waals surface area contributed by atoms with Crippen molar-refractivity contribution in [3.8, 4) is 0 Å². The molecule has 1 N–H and O–H groups in total. The van der Waals surface area contributed by atoms with Gasteiger partial charge in [0.05, 0.1) is 32.8 Å². The summed E-state index contributed by atoms with van der Waals surface area (Å²) in [5, 5.41) is 25.8. The number of aromatic nitrogens is 3. The molecule has 0 aliphatic carbocycles. The molecule has 1 atom stereocenters. The van der Waals surface area contributed by atoms with E-state index in [-0.39, 0.29) is 12.2 Å². The number of rotatable bonds is 6. The lowest BCUT2D eigenvalue weighted by atomic mass is 10.2. The summed E-state index contributed by atoms with van der Waals surface area (Å²) in [6, 6.07) is 5.98. The van der Waals surface area contributed by atoms with Crippen LogP contribution in [0, 0.1) is 17.0 Å². The molecule has 3 rings (SSSR count). The number of thiazole rings is 1. The fourth-order valence-electron chi connectivity index (χ4n) is 2.51. The first-order valence-electron chi connectivity index (χ1n) is 7.35. The van der Waals surface area contributed by atoms with Crippen molar-refractivity contribution in [2.45, 2.75) is 19.6 Å². The Balaban J connectivity index is 1.65. The molecule has 0 saturated carbocycles. The number of aliphatic hydroxyl groups is 1. The Morgan fingerprint density at radius 1 is 1.50 bits per heavy atom. The fraction of sp³-hybridized carbons (Fsp3) is 0.333. The molecule has 9 heteroatoms. The molecule has 0 aliphatic heterocycles. The summed E-state index contributed by atoms with van der Waals surface area (Å²) in [4.78, 5) is 16.5. The molecule has 1 aromatic carbocycles. The van der Waals surface area contributed by atoms with Crippen LogP contribution in [0.2, 0.25) is 0 Å². The van der Waals surface area contributed by atoms with Crippen molar-refractivity contribution >= 4 is 32.9 Å². The summed E-state index contributed by atoms with van der Waals surface area (Å²) in [6.45, 7) is 2.55. The normalized spacial score (nSPS) is 12.5. The van der Waals surface area contributed by atoms with E-state index >= 15 is 0 Å². The molecular formula is C15H17N5O3S. The zero-order valence-corrected chi connectivity index (χ0v) is 14.1. The summed E-state index contributed by atoms with van der Waals surface area (Å²) in [6.07, 6.45) is 1.79. The zero-order chi connectivity index (χ0) is 17.3. The van der Waals surface area contributed by atoms with E-state index in [1.807, 2.05) is 37.1 Å². The molecule has 126 valence electrons. The Morgan fingerprint density at radius 2 is 2.29 bits per heavy atom. The predicted molar refractivity (Wildman–Crippen MR) is 92.5 cm³/mol. The lowest BCUT2D eigenvalue weighted by Gasteiger charge is -2.22. The van der Waals surface area contributed by atoms with E-state index in [0.29, 0.717) is 6.54 Å². The lowest BCUT2D eigenvalue weighted by molar-refractivity contribution is -0.385. The molecule has 24 heavy (non-hydrogen) atoms. The van der Waals surface area contributed by atoms with Gasteiger partial charge in [-0.3, -0.25) is 14.8 Å². The Bertz CT molecular complexity index is 875. The van der Waals surface area contributed by atoms with Crippen molar-refractivity contribution in [2.24, 2.45) is 0 Å². The summed E-state index contributed by atoms with van der Waals surface area (Å²) < 4.78 is 2.49. The first kappa shape index (κ1) is 16.3. The molecule has 3 aromatic rings. The van der Waals surface area contributed by atoms with Crippen LogP contribution in [0.5, 0.6) is 0 Å². The maximum absolute atomic E-state index is 10.6. The molecule has 2 heterocycles. The molecule has 8 nitrogen and oxygen atoms in total. The summed E-state index contributed by atoms with van der Waals surface area (Å²) in [5.74, 6) is 0.